The molecule has 1 aliphatic heterocycles. The highest BCUT2D eigenvalue weighted by atomic mass is 19.4. The number of likely N-dealkylation sites (N-methyl/N-ethyl adjacent to an activating group) is 1. The second-order valence-electron chi connectivity index (χ2n) is 4.62. The second-order valence-corrected chi connectivity index (χ2v) is 4.62. The van der Waals surface area contributed by atoms with E-state index in [1.807, 2.05) is 11.6 Å². The van der Waals surface area contributed by atoms with Crippen LogP contribution in [0.25, 0.3) is 11.0 Å². The summed E-state index contributed by atoms with van der Waals surface area (Å²) in [6, 6.07) is 3.76. The van der Waals surface area contributed by atoms with Gasteiger partial charge in [-0.15, -0.1) is 0 Å². The molecule has 96 valence electrons. The Morgan fingerprint density at radius 2 is 2.00 bits per heavy atom. The number of benzene rings is 1. The normalized spacial score (nSPS) is 17.1. The summed E-state index contributed by atoms with van der Waals surface area (Å²) in [6.45, 7) is 2.34. The maximum absolute atomic E-state index is 12.6. The van der Waals surface area contributed by atoms with Gasteiger partial charge < -0.3 is 4.57 Å². The topological polar surface area (TPSA) is 21.1 Å². The minimum absolute atomic E-state index is 0.426. The number of hydrogen-bond donors (Lipinski definition) is 0. The van der Waals surface area contributed by atoms with Crippen molar-refractivity contribution in [1.29, 1.82) is 0 Å². The number of rotatable bonds is 0. The lowest BCUT2D eigenvalue weighted by Crippen LogP contribution is -2.30. The van der Waals surface area contributed by atoms with E-state index in [0.29, 0.717) is 12.1 Å². The Balaban J connectivity index is 2.14. The third kappa shape index (κ3) is 1.77. The fraction of sp³-hybridized carbons (Fsp3) is 0.417. The third-order valence-electron chi connectivity index (χ3n) is 3.27. The summed E-state index contributed by atoms with van der Waals surface area (Å²) in [7, 11) is 1.98. The molecule has 0 atom stereocenters. The van der Waals surface area contributed by atoms with Crippen LogP contribution in [0.2, 0.25) is 0 Å². The van der Waals surface area contributed by atoms with Gasteiger partial charge in [0.25, 0.3) is 0 Å². The van der Waals surface area contributed by atoms with Crippen LogP contribution in [0.15, 0.2) is 18.2 Å². The highest BCUT2D eigenvalue weighted by Crippen LogP contribution is 2.32. The molecule has 0 amide bonds. The zero-order valence-corrected chi connectivity index (χ0v) is 9.83. The van der Waals surface area contributed by atoms with Crippen LogP contribution in [-0.2, 0) is 19.3 Å². The van der Waals surface area contributed by atoms with Crippen LogP contribution >= 0.6 is 0 Å². The lowest BCUT2D eigenvalue weighted by Gasteiger charge is -2.23. The molecular weight excluding hydrogens is 243 g/mol. The summed E-state index contributed by atoms with van der Waals surface area (Å²) in [4.78, 5) is 6.40. The monoisotopic (exact) mass is 255 g/mol. The van der Waals surface area contributed by atoms with E-state index in [-0.39, 0.29) is 0 Å². The highest BCUT2D eigenvalue weighted by Gasteiger charge is 2.31. The Hall–Kier alpha value is -1.56. The van der Waals surface area contributed by atoms with Crippen LogP contribution in [0.4, 0.5) is 13.2 Å². The van der Waals surface area contributed by atoms with Crippen LogP contribution in [0.1, 0.15) is 11.4 Å². The Morgan fingerprint density at radius 3 is 2.72 bits per heavy atom. The maximum atomic E-state index is 12.6. The van der Waals surface area contributed by atoms with Crippen molar-refractivity contribution in [2.24, 2.45) is 0 Å². The largest absolute Gasteiger partial charge is 0.416 e. The third-order valence-corrected chi connectivity index (χ3v) is 3.27. The summed E-state index contributed by atoms with van der Waals surface area (Å²) >= 11 is 0. The Morgan fingerprint density at radius 1 is 1.22 bits per heavy atom. The zero-order chi connectivity index (χ0) is 12.9. The Labute approximate surface area is 102 Å². The second kappa shape index (κ2) is 3.71. The van der Waals surface area contributed by atoms with Gasteiger partial charge in [0, 0.05) is 13.1 Å². The van der Waals surface area contributed by atoms with Crippen molar-refractivity contribution in [3.05, 3.63) is 29.6 Å². The molecule has 0 aliphatic carbocycles. The van der Waals surface area contributed by atoms with Gasteiger partial charge in [0.15, 0.2) is 0 Å². The van der Waals surface area contributed by atoms with E-state index in [0.717, 1.165) is 36.6 Å². The van der Waals surface area contributed by atoms with E-state index < -0.39 is 11.7 Å². The van der Waals surface area contributed by atoms with Crippen molar-refractivity contribution in [3.8, 4) is 0 Å². The minimum atomic E-state index is -4.31. The van der Waals surface area contributed by atoms with Gasteiger partial charge in [-0.05, 0) is 25.2 Å². The van der Waals surface area contributed by atoms with Gasteiger partial charge in [-0.1, -0.05) is 0 Å². The lowest BCUT2D eigenvalue weighted by atomic mass is 10.2. The number of fused-ring (bicyclic) bond motifs is 3. The quantitative estimate of drug-likeness (QED) is 0.721. The molecule has 0 spiro atoms. The van der Waals surface area contributed by atoms with Gasteiger partial charge >= 0.3 is 6.18 Å². The van der Waals surface area contributed by atoms with Gasteiger partial charge in [-0.3, -0.25) is 4.90 Å². The standard InChI is InChI=1S/C12H12F3N3/c1-17-4-5-18-10-3-2-8(12(13,14)15)6-9(10)16-11(18)7-17/h2-3,6H,4-5,7H2,1H3. The molecule has 0 saturated heterocycles. The molecule has 1 aliphatic rings. The number of alkyl halides is 3. The summed E-state index contributed by atoms with van der Waals surface area (Å²) in [5.74, 6) is 0.832. The molecule has 1 aromatic heterocycles. The molecule has 2 aromatic rings. The van der Waals surface area contributed by atoms with Gasteiger partial charge in [0.2, 0.25) is 0 Å². The number of nitrogens with zero attached hydrogens (tertiary/aromatic N) is 3. The van der Waals surface area contributed by atoms with Crippen molar-refractivity contribution in [3.63, 3.8) is 0 Å². The predicted octanol–water partition coefficient (Wildman–Crippen LogP) is 2.50. The van der Waals surface area contributed by atoms with Crippen molar-refractivity contribution in [1.82, 2.24) is 14.5 Å². The first kappa shape index (κ1) is 11.5. The van der Waals surface area contributed by atoms with Gasteiger partial charge in [-0.25, -0.2) is 4.98 Å². The van der Waals surface area contributed by atoms with Crippen molar-refractivity contribution in [2.45, 2.75) is 19.3 Å². The van der Waals surface area contributed by atoms with Crippen LogP contribution in [-0.4, -0.2) is 28.0 Å². The summed E-state index contributed by atoms with van der Waals surface area (Å²) in [6.07, 6.45) is -4.31. The summed E-state index contributed by atoms with van der Waals surface area (Å²) in [5.41, 5.74) is 0.569. The molecule has 6 heteroatoms. The first-order valence-electron chi connectivity index (χ1n) is 5.70. The van der Waals surface area contributed by atoms with Crippen molar-refractivity contribution < 1.29 is 13.2 Å². The number of hydrogen-bond acceptors (Lipinski definition) is 2. The van der Waals surface area contributed by atoms with Crippen molar-refractivity contribution >= 4 is 11.0 Å². The highest BCUT2D eigenvalue weighted by molar-refractivity contribution is 5.77. The van der Waals surface area contributed by atoms with Gasteiger partial charge in [0.1, 0.15) is 5.82 Å². The summed E-state index contributed by atoms with van der Waals surface area (Å²) in [5, 5.41) is 0. The van der Waals surface area contributed by atoms with Crippen LogP contribution in [0.5, 0.6) is 0 Å². The van der Waals surface area contributed by atoms with E-state index >= 15 is 0 Å². The molecule has 0 saturated carbocycles. The molecule has 0 N–H and O–H groups in total. The van der Waals surface area contributed by atoms with E-state index in [1.54, 1.807) is 0 Å². The van der Waals surface area contributed by atoms with Gasteiger partial charge in [-0.2, -0.15) is 13.2 Å². The molecule has 0 radical (unpaired) electrons. The van der Waals surface area contributed by atoms with Crippen molar-refractivity contribution in [2.75, 3.05) is 13.6 Å². The number of imidazole rings is 1. The summed E-state index contributed by atoms with van der Waals surface area (Å²) < 4.78 is 39.9. The Bertz CT molecular complexity index is 600. The van der Waals surface area contributed by atoms with Crippen LogP contribution < -0.4 is 0 Å². The maximum Gasteiger partial charge on any atom is 0.416 e. The number of aromatic nitrogens is 2. The molecule has 2 heterocycles. The molecule has 0 fully saturated rings. The van der Waals surface area contributed by atoms with E-state index in [4.69, 9.17) is 0 Å². The SMILES string of the molecule is CN1CCn2c(nc3cc(C(F)(F)F)ccc32)C1. The average molecular weight is 255 g/mol. The molecule has 0 bridgehead atoms. The molecule has 3 nitrogen and oxygen atoms in total. The van der Waals surface area contributed by atoms with Crippen LogP contribution in [0.3, 0.4) is 0 Å². The molecule has 3 rings (SSSR count). The Kier molecular flexibility index (Phi) is 2.38. The fourth-order valence-corrected chi connectivity index (χ4v) is 2.32. The lowest BCUT2D eigenvalue weighted by molar-refractivity contribution is -0.137. The van der Waals surface area contributed by atoms with E-state index in [9.17, 15) is 13.2 Å². The fourth-order valence-electron chi connectivity index (χ4n) is 2.32. The molecule has 0 unspecified atom stereocenters. The average Bonchev–Trinajstić information content (AvgIpc) is 2.63. The zero-order valence-electron chi connectivity index (χ0n) is 9.83. The smallest absolute Gasteiger partial charge is 0.326 e. The number of halogens is 3. The van der Waals surface area contributed by atoms with E-state index in [1.165, 1.54) is 6.07 Å². The molecule has 18 heavy (non-hydrogen) atoms. The van der Waals surface area contributed by atoms with Crippen LogP contribution in [0, 0.1) is 0 Å². The van der Waals surface area contributed by atoms with Gasteiger partial charge in [0.05, 0.1) is 23.1 Å². The minimum Gasteiger partial charge on any atom is -0.326 e. The molecule has 1 aromatic carbocycles. The first-order valence-corrected chi connectivity index (χ1v) is 5.70. The predicted molar refractivity (Wildman–Crippen MR) is 61.1 cm³/mol. The van der Waals surface area contributed by atoms with E-state index in [2.05, 4.69) is 9.88 Å². The first-order chi connectivity index (χ1) is 8.45. The molecular formula is C12H12F3N3.